The van der Waals surface area contributed by atoms with Crippen molar-refractivity contribution in [3.63, 3.8) is 0 Å². The lowest BCUT2D eigenvalue weighted by molar-refractivity contribution is 0.226. The molecule has 0 aliphatic heterocycles. The molecule has 1 unspecified atom stereocenters. The van der Waals surface area contributed by atoms with Crippen molar-refractivity contribution in [1.82, 2.24) is 14.5 Å². The van der Waals surface area contributed by atoms with E-state index in [0.29, 0.717) is 5.89 Å². The third kappa shape index (κ3) is 2.80. The molecule has 1 atom stereocenters. The summed E-state index contributed by atoms with van der Waals surface area (Å²) in [6, 6.07) is 15.8. The maximum atomic E-state index is 9.92. The zero-order valence-electron chi connectivity index (χ0n) is 14.9. The van der Waals surface area contributed by atoms with E-state index in [1.807, 2.05) is 41.0 Å². The number of hydrogen-bond donors (Lipinski definition) is 1. The van der Waals surface area contributed by atoms with Gasteiger partial charge in [-0.25, -0.2) is 9.97 Å². The summed E-state index contributed by atoms with van der Waals surface area (Å²) >= 11 is 0. The first-order valence-corrected chi connectivity index (χ1v) is 8.82. The number of rotatable bonds is 5. The highest BCUT2D eigenvalue weighted by atomic mass is 16.3. The summed E-state index contributed by atoms with van der Waals surface area (Å²) < 4.78 is 7.99. The van der Waals surface area contributed by atoms with Crippen LogP contribution in [0.15, 0.2) is 59.1 Å². The molecule has 4 rings (SSSR count). The van der Waals surface area contributed by atoms with Gasteiger partial charge in [0.05, 0.1) is 18.8 Å². The minimum Gasteiger partial charge on any atom is -0.435 e. The average molecular weight is 347 g/mol. The Kier molecular flexibility index (Phi) is 4.31. The average Bonchev–Trinajstić information content (AvgIpc) is 3.27. The van der Waals surface area contributed by atoms with E-state index in [9.17, 15) is 5.11 Å². The van der Waals surface area contributed by atoms with Crippen LogP contribution in [-0.2, 0) is 0 Å². The Labute approximate surface area is 151 Å². The van der Waals surface area contributed by atoms with Gasteiger partial charge in [0.1, 0.15) is 17.0 Å². The van der Waals surface area contributed by atoms with Crippen molar-refractivity contribution in [1.29, 1.82) is 0 Å². The van der Waals surface area contributed by atoms with Crippen LogP contribution in [0.2, 0.25) is 0 Å². The fourth-order valence-corrected chi connectivity index (χ4v) is 3.18. The van der Waals surface area contributed by atoms with E-state index in [-0.39, 0.29) is 12.6 Å². The number of aryl methyl sites for hydroxylation is 1. The van der Waals surface area contributed by atoms with E-state index in [2.05, 4.69) is 35.9 Å². The molecule has 0 spiro atoms. The second-order valence-electron chi connectivity index (χ2n) is 6.43. The van der Waals surface area contributed by atoms with Gasteiger partial charge < -0.3 is 14.1 Å². The first-order valence-electron chi connectivity index (χ1n) is 8.82. The van der Waals surface area contributed by atoms with Crippen molar-refractivity contribution < 1.29 is 9.52 Å². The number of nitrogens with zero attached hydrogens (tertiary/aromatic N) is 3. The molecule has 0 saturated heterocycles. The maximum Gasteiger partial charge on any atom is 0.245 e. The van der Waals surface area contributed by atoms with Crippen LogP contribution in [-0.4, -0.2) is 26.2 Å². The number of imidazole rings is 1. The predicted octanol–water partition coefficient (Wildman–Crippen LogP) is 4.61. The molecule has 0 bridgehead atoms. The van der Waals surface area contributed by atoms with Crippen LogP contribution in [0.5, 0.6) is 0 Å². The Bertz CT molecular complexity index is 994. The number of aromatic nitrogens is 3. The van der Waals surface area contributed by atoms with Crippen molar-refractivity contribution in [2.75, 3.05) is 6.61 Å². The summed E-state index contributed by atoms with van der Waals surface area (Å²) in [6.07, 6.45) is 2.55. The van der Waals surface area contributed by atoms with Crippen LogP contribution >= 0.6 is 0 Å². The smallest absolute Gasteiger partial charge is 0.245 e. The minimum absolute atomic E-state index is 0.0267. The SMILES string of the molecule is CCC(CO)n1c(-c2nc3ccccc3o2)cnc1-c1ccc(C)cc1. The van der Waals surface area contributed by atoms with Crippen LogP contribution in [0.3, 0.4) is 0 Å². The van der Waals surface area contributed by atoms with Gasteiger partial charge in [0.25, 0.3) is 0 Å². The highest BCUT2D eigenvalue weighted by Crippen LogP contribution is 2.32. The zero-order chi connectivity index (χ0) is 18.1. The van der Waals surface area contributed by atoms with E-state index in [4.69, 9.17) is 4.42 Å². The molecule has 2 aromatic heterocycles. The van der Waals surface area contributed by atoms with Crippen LogP contribution in [0.1, 0.15) is 24.9 Å². The van der Waals surface area contributed by atoms with Gasteiger partial charge in [-0.15, -0.1) is 0 Å². The van der Waals surface area contributed by atoms with Crippen molar-refractivity contribution in [2.45, 2.75) is 26.3 Å². The van der Waals surface area contributed by atoms with E-state index in [1.165, 1.54) is 5.56 Å². The van der Waals surface area contributed by atoms with Gasteiger partial charge in [-0.3, -0.25) is 0 Å². The Hall–Kier alpha value is -2.92. The first kappa shape index (κ1) is 16.5. The van der Waals surface area contributed by atoms with E-state index in [1.54, 1.807) is 6.20 Å². The Morgan fingerprint density at radius 3 is 2.58 bits per heavy atom. The number of fused-ring (bicyclic) bond motifs is 1. The van der Waals surface area contributed by atoms with Crippen molar-refractivity contribution >= 4 is 11.1 Å². The molecule has 132 valence electrons. The molecule has 2 heterocycles. The van der Waals surface area contributed by atoms with Gasteiger partial charge in [0.15, 0.2) is 5.58 Å². The number of aliphatic hydroxyl groups is 1. The largest absolute Gasteiger partial charge is 0.435 e. The lowest BCUT2D eigenvalue weighted by Gasteiger charge is -2.19. The second kappa shape index (κ2) is 6.77. The monoisotopic (exact) mass is 347 g/mol. The van der Waals surface area contributed by atoms with Crippen molar-refractivity contribution in [3.05, 3.63) is 60.3 Å². The minimum atomic E-state index is -0.0983. The molecule has 5 heteroatoms. The quantitative estimate of drug-likeness (QED) is 0.572. The molecule has 4 aromatic rings. The van der Waals surface area contributed by atoms with Crippen molar-refractivity contribution in [3.8, 4) is 23.0 Å². The molecule has 0 amide bonds. The first-order chi connectivity index (χ1) is 12.7. The normalized spacial score (nSPS) is 12.6. The van der Waals surface area contributed by atoms with Gasteiger partial charge >= 0.3 is 0 Å². The summed E-state index contributed by atoms with van der Waals surface area (Å²) in [7, 11) is 0. The van der Waals surface area contributed by atoms with E-state index in [0.717, 1.165) is 34.6 Å². The lowest BCUT2D eigenvalue weighted by atomic mass is 10.1. The maximum absolute atomic E-state index is 9.92. The van der Waals surface area contributed by atoms with Crippen LogP contribution in [0.4, 0.5) is 0 Å². The molecule has 0 aliphatic carbocycles. The third-order valence-electron chi connectivity index (χ3n) is 4.67. The molecular weight excluding hydrogens is 326 g/mol. The van der Waals surface area contributed by atoms with Crippen LogP contribution in [0.25, 0.3) is 34.1 Å². The molecule has 1 N–H and O–H groups in total. The molecule has 26 heavy (non-hydrogen) atoms. The predicted molar refractivity (Wildman–Crippen MR) is 102 cm³/mol. The standard InChI is InChI=1S/C21H21N3O2/c1-3-16(13-25)24-18(21-23-17-6-4-5-7-19(17)26-21)12-22-20(24)15-10-8-14(2)9-11-15/h4-12,16,25H,3,13H2,1-2H3. The summed E-state index contributed by atoms with van der Waals surface area (Å²) in [4.78, 5) is 9.24. The molecule has 5 nitrogen and oxygen atoms in total. The molecule has 0 radical (unpaired) electrons. The Balaban J connectivity index is 1.90. The van der Waals surface area contributed by atoms with Crippen LogP contribution in [0, 0.1) is 6.92 Å². The molecule has 0 saturated carbocycles. The molecule has 2 aromatic carbocycles. The van der Waals surface area contributed by atoms with Crippen LogP contribution < -0.4 is 0 Å². The summed E-state index contributed by atoms with van der Waals surface area (Å²) in [5, 5.41) is 9.92. The highest BCUT2D eigenvalue weighted by Gasteiger charge is 2.22. The molecular formula is C21H21N3O2. The number of oxazole rings is 1. The highest BCUT2D eigenvalue weighted by molar-refractivity contribution is 5.76. The number of benzene rings is 2. The number of para-hydroxylation sites is 2. The van der Waals surface area contributed by atoms with Crippen molar-refractivity contribution in [2.24, 2.45) is 0 Å². The van der Waals surface area contributed by atoms with Gasteiger partial charge in [-0.1, -0.05) is 48.9 Å². The van der Waals surface area contributed by atoms with E-state index >= 15 is 0 Å². The summed E-state index contributed by atoms with van der Waals surface area (Å²) in [5.41, 5.74) is 4.52. The van der Waals surface area contributed by atoms with Gasteiger partial charge in [0.2, 0.25) is 5.89 Å². The number of aliphatic hydroxyl groups excluding tert-OH is 1. The fraction of sp³-hybridized carbons (Fsp3) is 0.238. The zero-order valence-corrected chi connectivity index (χ0v) is 14.9. The second-order valence-corrected chi connectivity index (χ2v) is 6.43. The van der Waals surface area contributed by atoms with E-state index < -0.39 is 0 Å². The third-order valence-corrected chi connectivity index (χ3v) is 4.67. The summed E-state index contributed by atoms with van der Waals surface area (Å²) in [5.74, 6) is 1.33. The number of hydrogen-bond acceptors (Lipinski definition) is 4. The summed E-state index contributed by atoms with van der Waals surface area (Å²) in [6.45, 7) is 4.14. The Morgan fingerprint density at radius 2 is 1.88 bits per heavy atom. The topological polar surface area (TPSA) is 64.1 Å². The van der Waals surface area contributed by atoms with Gasteiger partial charge in [0, 0.05) is 5.56 Å². The Morgan fingerprint density at radius 1 is 1.12 bits per heavy atom. The van der Waals surface area contributed by atoms with Gasteiger partial charge in [-0.05, 0) is 25.5 Å². The molecule has 0 aliphatic rings. The fourth-order valence-electron chi connectivity index (χ4n) is 3.18. The molecule has 0 fully saturated rings. The lowest BCUT2D eigenvalue weighted by Crippen LogP contribution is -2.15. The van der Waals surface area contributed by atoms with Gasteiger partial charge in [-0.2, -0.15) is 0 Å².